The molecule has 1 aromatic heterocycles. The van der Waals surface area contributed by atoms with Gasteiger partial charge >= 0.3 is 0 Å². The second-order valence-electron chi connectivity index (χ2n) is 4.98. The van der Waals surface area contributed by atoms with Crippen LogP contribution in [0.15, 0.2) is 48.5 Å². The highest BCUT2D eigenvalue weighted by molar-refractivity contribution is 6.08. The van der Waals surface area contributed by atoms with Gasteiger partial charge in [0.05, 0.1) is 0 Å². The summed E-state index contributed by atoms with van der Waals surface area (Å²) >= 11 is 0. The van der Waals surface area contributed by atoms with Crippen molar-refractivity contribution in [3.05, 3.63) is 54.1 Å². The molecule has 0 saturated heterocycles. The molecule has 0 aliphatic rings. The lowest BCUT2D eigenvalue weighted by Crippen LogP contribution is -1.92. The molecule has 0 bridgehead atoms. The average molecular weight is 263 g/mol. The third-order valence-electron chi connectivity index (χ3n) is 3.62. The van der Waals surface area contributed by atoms with E-state index in [4.69, 9.17) is 0 Å². The van der Waals surface area contributed by atoms with E-state index >= 15 is 0 Å². The van der Waals surface area contributed by atoms with Gasteiger partial charge < -0.3 is 4.57 Å². The number of fused-ring (bicyclic) bond motifs is 3. The minimum Gasteiger partial charge on any atom is -0.341 e. The van der Waals surface area contributed by atoms with Crippen molar-refractivity contribution in [3.8, 4) is 0 Å². The van der Waals surface area contributed by atoms with Crippen molar-refractivity contribution in [1.82, 2.24) is 4.57 Å². The molecule has 1 heterocycles. The van der Waals surface area contributed by atoms with Crippen molar-refractivity contribution in [3.63, 3.8) is 0 Å². The van der Waals surface area contributed by atoms with Gasteiger partial charge in [-0.3, -0.25) is 4.79 Å². The summed E-state index contributed by atoms with van der Waals surface area (Å²) in [6.07, 6.45) is 3.49. The van der Waals surface area contributed by atoms with Crippen LogP contribution in [0.1, 0.15) is 19.4 Å². The summed E-state index contributed by atoms with van der Waals surface area (Å²) in [6.45, 7) is 4.68. The van der Waals surface area contributed by atoms with E-state index in [9.17, 15) is 4.79 Å². The SMILES string of the molecule is CCn1c2ccccc2c2cc(/C=C/C(C)=O)ccc21. The zero-order chi connectivity index (χ0) is 14.1. The summed E-state index contributed by atoms with van der Waals surface area (Å²) in [5.41, 5.74) is 3.57. The highest BCUT2D eigenvalue weighted by atomic mass is 16.1. The van der Waals surface area contributed by atoms with Crippen molar-refractivity contribution in [2.24, 2.45) is 0 Å². The van der Waals surface area contributed by atoms with Gasteiger partial charge in [-0.25, -0.2) is 0 Å². The molecule has 2 nitrogen and oxygen atoms in total. The maximum atomic E-state index is 11.1. The summed E-state index contributed by atoms with van der Waals surface area (Å²) in [4.78, 5) is 11.1. The van der Waals surface area contributed by atoms with E-state index in [0.29, 0.717) is 0 Å². The lowest BCUT2D eigenvalue weighted by Gasteiger charge is -2.02. The van der Waals surface area contributed by atoms with Crippen LogP contribution >= 0.6 is 0 Å². The Kier molecular flexibility index (Phi) is 3.15. The van der Waals surface area contributed by atoms with Crippen LogP contribution in [0.4, 0.5) is 0 Å². The summed E-state index contributed by atoms with van der Waals surface area (Å²) < 4.78 is 2.32. The zero-order valence-electron chi connectivity index (χ0n) is 11.8. The first-order valence-corrected chi connectivity index (χ1v) is 6.90. The molecule has 0 atom stereocenters. The Balaban J connectivity index is 2.28. The van der Waals surface area contributed by atoms with E-state index in [-0.39, 0.29) is 5.78 Å². The highest BCUT2D eigenvalue weighted by Crippen LogP contribution is 2.29. The Morgan fingerprint density at radius 1 is 1.10 bits per heavy atom. The summed E-state index contributed by atoms with van der Waals surface area (Å²) in [5, 5.41) is 2.51. The number of carbonyl (C=O) groups is 1. The van der Waals surface area contributed by atoms with E-state index in [1.807, 2.05) is 6.08 Å². The topological polar surface area (TPSA) is 22.0 Å². The predicted octanol–water partition coefficient (Wildman–Crippen LogP) is 4.42. The average Bonchev–Trinajstić information content (AvgIpc) is 2.78. The van der Waals surface area contributed by atoms with Crippen LogP contribution < -0.4 is 0 Å². The van der Waals surface area contributed by atoms with Crippen LogP contribution in [0, 0.1) is 0 Å². The van der Waals surface area contributed by atoms with E-state index in [0.717, 1.165) is 12.1 Å². The molecular formula is C18H17NO. The molecular weight excluding hydrogens is 246 g/mol. The third kappa shape index (κ3) is 2.03. The molecule has 3 rings (SSSR count). The third-order valence-corrected chi connectivity index (χ3v) is 3.62. The molecule has 0 spiro atoms. The number of para-hydroxylation sites is 1. The lowest BCUT2D eigenvalue weighted by atomic mass is 10.1. The zero-order valence-corrected chi connectivity index (χ0v) is 11.8. The van der Waals surface area contributed by atoms with Gasteiger partial charge in [0.1, 0.15) is 0 Å². The smallest absolute Gasteiger partial charge is 0.152 e. The number of hydrogen-bond donors (Lipinski definition) is 0. The Morgan fingerprint density at radius 2 is 1.85 bits per heavy atom. The molecule has 0 aliphatic heterocycles. The second kappa shape index (κ2) is 4.97. The van der Waals surface area contributed by atoms with Crippen molar-refractivity contribution >= 4 is 33.7 Å². The summed E-state index contributed by atoms with van der Waals surface area (Å²) in [7, 11) is 0. The van der Waals surface area contributed by atoms with Crippen LogP contribution in [-0.4, -0.2) is 10.4 Å². The van der Waals surface area contributed by atoms with Gasteiger partial charge in [-0.05, 0) is 43.7 Å². The molecule has 0 radical (unpaired) electrons. The van der Waals surface area contributed by atoms with Crippen LogP contribution in [0.5, 0.6) is 0 Å². The van der Waals surface area contributed by atoms with Crippen molar-refractivity contribution in [2.75, 3.05) is 0 Å². The molecule has 0 fully saturated rings. The molecule has 20 heavy (non-hydrogen) atoms. The Bertz CT molecular complexity index is 824. The van der Waals surface area contributed by atoms with Gasteiger partial charge in [-0.1, -0.05) is 30.3 Å². The first-order valence-electron chi connectivity index (χ1n) is 6.90. The fraction of sp³-hybridized carbons (Fsp3) is 0.167. The van der Waals surface area contributed by atoms with Crippen LogP contribution in [0.2, 0.25) is 0 Å². The van der Waals surface area contributed by atoms with Crippen LogP contribution in [0.3, 0.4) is 0 Å². The number of aromatic nitrogens is 1. The second-order valence-corrected chi connectivity index (χ2v) is 4.98. The van der Waals surface area contributed by atoms with Gasteiger partial charge in [0, 0.05) is 28.4 Å². The monoisotopic (exact) mass is 263 g/mol. The maximum Gasteiger partial charge on any atom is 0.152 e. The van der Waals surface area contributed by atoms with E-state index < -0.39 is 0 Å². The number of rotatable bonds is 3. The summed E-state index contributed by atoms with van der Waals surface area (Å²) in [6, 6.07) is 14.8. The minimum absolute atomic E-state index is 0.0704. The van der Waals surface area contributed by atoms with E-state index in [2.05, 4.69) is 54.0 Å². The standard InChI is InChI=1S/C18H17NO/c1-3-19-17-7-5-4-6-15(17)16-12-14(9-8-13(2)20)10-11-18(16)19/h4-12H,3H2,1-2H3/b9-8+. The van der Waals surface area contributed by atoms with E-state index in [1.165, 1.54) is 21.8 Å². The maximum absolute atomic E-state index is 11.1. The molecule has 0 amide bonds. The molecule has 0 saturated carbocycles. The number of carbonyl (C=O) groups excluding carboxylic acids is 1. The fourth-order valence-electron chi connectivity index (χ4n) is 2.73. The van der Waals surface area contributed by atoms with Crippen molar-refractivity contribution in [1.29, 1.82) is 0 Å². The molecule has 0 N–H and O–H groups in total. The Morgan fingerprint density at radius 3 is 2.60 bits per heavy atom. The minimum atomic E-state index is 0.0704. The van der Waals surface area contributed by atoms with Crippen molar-refractivity contribution in [2.45, 2.75) is 20.4 Å². The van der Waals surface area contributed by atoms with Crippen LogP contribution in [0.25, 0.3) is 27.9 Å². The number of ketones is 1. The predicted molar refractivity (Wildman–Crippen MR) is 84.8 cm³/mol. The van der Waals surface area contributed by atoms with Gasteiger partial charge in [-0.15, -0.1) is 0 Å². The highest BCUT2D eigenvalue weighted by Gasteiger charge is 2.08. The van der Waals surface area contributed by atoms with Gasteiger partial charge in [0.2, 0.25) is 0 Å². The fourth-order valence-corrected chi connectivity index (χ4v) is 2.73. The normalized spacial score (nSPS) is 11.7. The van der Waals surface area contributed by atoms with Crippen molar-refractivity contribution < 1.29 is 4.79 Å². The molecule has 100 valence electrons. The number of benzene rings is 2. The molecule has 0 aliphatic carbocycles. The first kappa shape index (κ1) is 12.7. The Labute approximate surface area is 118 Å². The van der Waals surface area contributed by atoms with Crippen LogP contribution in [-0.2, 0) is 11.3 Å². The van der Waals surface area contributed by atoms with E-state index in [1.54, 1.807) is 13.0 Å². The molecule has 3 aromatic rings. The first-order chi connectivity index (χ1) is 9.70. The Hall–Kier alpha value is -2.35. The number of aryl methyl sites for hydroxylation is 1. The quantitative estimate of drug-likeness (QED) is 0.641. The van der Waals surface area contributed by atoms with Gasteiger partial charge in [0.25, 0.3) is 0 Å². The number of hydrogen-bond acceptors (Lipinski definition) is 1. The largest absolute Gasteiger partial charge is 0.341 e. The molecule has 2 heteroatoms. The van der Waals surface area contributed by atoms with Gasteiger partial charge in [-0.2, -0.15) is 0 Å². The molecule has 2 aromatic carbocycles. The summed E-state index contributed by atoms with van der Waals surface area (Å²) in [5.74, 6) is 0.0704. The number of allylic oxidation sites excluding steroid dienone is 1. The van der Waals surface area contributed by atoms with Gasteiger partial charge in [0.15, 0.2) is 5.78 Å². The number of nitrogens with zero attached hydrogens (tertiary/aromatic N) is 1. The molecule has 0 unspecified atom stereocenters. The lowest BCUT2D eigenvalue weighted by molar-refractivity contribution is -0.112.